The maximum Gasteiger partial charge on any atom is 0.0159 e. The molecule has 0 nitrogen and oxygen atoms in total. The molecule has 0 unspecified atom stereocenters. The lowest BCUT2D eigenvalue weighted by Gasteiger charge is -2.22. The monoisotopic (exact) mass is 540 g/mol. The van der Waals surface area contributed by atoms with Crippen molar-refractivity contribution in [2.24, 2.45) is 0 Å². The van der Waals surface area contributed by atoms with Crippen LogP contribution in [0.5, 0.6) is 0 Å². The highest BCUT2D eigenvalue weighted by Crippen LogP contribution is 2.49. The SMILES string of the molecule is Cc1cc(-c2ccc(-c3ccc4c(c3)C(C)(C)c3ccccc3-4)cc2)c2ccc3cc(C(C)(C)C)cc4ccc1c2c43. The lowest BCUT2D eigenvalue weighted by atomic mass is 9.81. The Bertz CT molecular complexity index is 2160. The summed E-state index contributed by atoms with van der Waals surface area (Å²) in [6.07, 6.45) is 0. The first-order valence-electron chi connectivity index (χ1n) is 15.2. The van der Waals surface area contributed by atoms with Crippen LogP contribution in [0.4, 0.5) is 0 Å². The topological polar surface area (TPSA) is 0 Å². The molecule has 0 saturated carbocycles. The van der Waals surface area contributed by atoms with E-state index in [-0.39, 0.29) is 10.8 Å². The minimum atomic E-state index is 0.00870. The van der Waals surface area contributed by atoms with Gasteiger partial charge in [-0.15, -0.1) is 0 Å². The maximum absolute atomic E-state index is 2.41. The van der Waals surface area contributed by atoms with Gasteiger partial charge in [0.1, 0.15) is 0 Å². The molecule has 0 aromatic heterocycles. The van der Waals surface area contributed by atoms with Crippen molar-refractivity contribution in [1.29, 1.82) is 0 Å². The van der Waals surface area contributed by atoms with Crippen LogP contribution in [0.25, 0.3) is 65.7 Å². The van der Waals surface area contributed by atoms with E-state index in [4.69, 9.17) is 0 Å². The highest BCUT2D eigenvalue weighted by Gasteiger charge is 2.35. The molecule has 1 aliphatic rings. The molecule has 0 radical (unpaired) electrons. The molecule has 0 heteroatoms. The zero-order chi connectivity index (χ0) is 29.0. The number of benzene rings is 7. The van der Waals surface area contributed by atoms with Crippen molar-refractivity contribution in [1.82, 2.24) is 0 Å². The summed E-state index contributed by atoms with van der Waals surface area (Å²) in [4.78, 5) is 0. The minimum absolute atomic E-state index is 0.00870. The Morgan fingerprint density at radius 3 is 1.83 bits per heavy atom. The van der Waals surface area contributed by atoms with Crippen molar-refractivity contribution in [2.75, 3.05) is 0 Å². The van der Waals surface area contributed by atoms with Crippen LogP contribution in [0.3, 0.4) is 0 Å². The van der Waals surface area contributed by atoms with E-state index in [1.54, 1.807) is 0 Å². The predicted molar refractivity (Wildman–Crippen MR) is 182 cm³/mol. The van der Waals surface area contributed by atoms with Gasteiger partial charge in [-0.05, 0) is 106 Å². The Morgan fingerprint density at radius 1 is 0.500 bits per heavy atom. The summed E-state index contributed by atoms with van der Waals surface area (Å²) < 4.78 is 0. The predicted octanol–water partition coefficient (Wildman–Crippen LogP) is 11.8. The number of aryl methyl sites for hydroxylation is 1. The van der Waals surface area contributed by atoms with Crippen molar-refractivity contribution in [3.63, 3.8) is 0 Å². The molecule has 0 bridgehead atoms. The van der Waals surface area contributed by atoms with Gasteiger partial charge in [0.15, 0.2) is 0 Å². The van der Waals surface area contributed by atoms with Crippen LogP contribution in [0.15, 0.2) is 109 Å². The molecule has 1 aliphatic carbocycles. The van der Waals surface area contributed by atoms with Crippen LogP contribution in [0, 0.1) is 6.92 Å². The second kappa shape index (κ2) is 8.55. The zero-order valence-electron chi connectivity index (χ0n) is 25.4. The molecule has 0 amide bonds. The molecule has 0 atom stereocenters. The van der Waals surface area contributed by atoms with E-state index in [2.05, 4.69) is 151 Å². The first kappa shape index (κ1) is 25.3. The summed E-state index contributed by atoms with van der Waals surface area (Å²) in [5, 5.41) is 8.15. The molecule has 7 aromatic rings. The molecular formula is C42H36. The van der Waals surface area contributed by atoms with Crippen LogP contribution < -0.4 is 0 Å². The van der Waals surface area contributed by atoms with Gasteiger partial charge in [-0.3, -0.25) is 0 Å². The fourth-order valence-electron chi connectivity index (χ4n) is 7.49. The van der Waals surface area contributed by atoms with Gasteiger partial charge in [-0.2, -0.15) is 0 Å². The average Bonchev–Trinajstić information content (AvgIpc) is 3.22. The second-order valence-corrected chi connectivity index (χ2v) is 13.9. The fourth-order valence-corrected chi connectivity index (χ4v) is 7.49. The molecule has 0 N–H and O–H groups in total. The Morgan fingerprint density at radius 2 is 1.12 bits per heavy atom. The Labute approximate surface area is 249 Å². The minimum Gasteiger partial charge on any atom is -0.0619 e. The fraction of sp³-hybridized carbons (Fsp3) is 0.190. The highest BCUT2D eigenvalue weighted by molar-refractivity contribution is 6.26. The zero-order valence-corrected chi connectivity index (χ0v) is 25.4. The van der Waals surface area contributed by atoms with Gasteiger partial charge in [-0.25, -0.2) is 0 Å². The summed E-state index contributed by atoms with van der Waals surface area (Å²) in [5.74, 6) is 0. The molecular weight excluding hydrogens is 504 g/mol. The maximum atomic E-state index is 2.41. The van der Waals surface area contributed by atoms with Gasteiger partial charge in [0, 0.05) is 5.41 Å². The summed E-state index contributed by atoms with van der Waals surface area (Å²) in [5.41, 5.74) is 13.5. The van der Waals surface area contributed by atoms with Gasteiger partial charge >= 0.3 is 0 Å². The Balaban J connectivity index is 1.24. The summed E-state index contributed by atoms with van der Waals surface area (Å²) in [6, 6.07) is 41.6. The van der Waals surface area contributed by atoms with Crippen molar-refractivity contribution >= 4 is 32.3 Å². The average molecular weight is 541 g/mol. The third-order valence-corrected chi connectivity index (χ3v) is 9.90. The standard InChI is InChI=1S/C42H36/c1-25-21-36(35-20-17-30-23-31(41(2,3)4)22-29-16-18-32(25)40(35)39(29)30)27-13-11-26(12-14-27)28-15-19-34-33-9-7-8-10-37(33)42(5,6)38(34)24-28/h7-24H,1-6H3. The molecule has 0 spiro atoms. The number of hydrogen-bond acceptors (Lipinski definition) is 0. The van der Waals surface area contributed by atoms with Crippen LogP contribution in [-0.4, -0.2) is 0 Å². The van der Waals surface area contributed by atoms with Crippen molar-refractivity contribution in [2.45, 2.75) is 52.4 Å². The largest absolute Gasteiger partial charge is 0.0619 e. The summed E-state index contributed by atoms with van der Waals surface area (Å²) in [7, 11) is 0. The van der Waals surface area contributed by atoms with E-state index in [9.17, 15) is 0 Å². The van der Waals surface area contributed by atoms with Crippen molar-refractivity contribution in [3.8, 4) is 33.4 Å². The third kappa shape index (κ3) is 3.54. The normalized spacial score (nSPS) is 14.1. The van der Waals surface area contributed by atoms with Crippen LogP contribution in [-0.2, 0) is 10.8 Å². The van der Waals surface area contributed by atoms with E-state index in [1.165, 1.54) is 88.0 Å². The molecule has 0 saturated heterocycles. The van der Waals surface area contributed by atoms with Crippen LogP contribution in [0.1, 0.15) is 56.9 Å². The molecule has 7 aromatic carbocycles. The molecule has 8 rings (SSSR count). The Kier molecular flexibility index (Phi) is 5.15. The van der Waals surface area contributed by atoms with Gasteiger partial charge in [0.05, 0.1) is 0 Å². The van der Waals surface area contributed by atoms with Gasteiger partial charge < -0.3 is 0 Å². The number of hydrogen-bond donors (Lipinski definition) is 0. The molecule has 42 heavy (non-hydrogen) atoms. The highest BCUT2D eigenvalue weighted by atomic mass is 14.4. The quantitative estimate of drug-likeness (QED) is 0.191. The first-order valence-corrected chi connectivity index (χ1v) is 15.2. The molecule has 0 heterocycles. The number of fused-ring (bicyclic) bond motifs is 3. The smallest absolute Gasteiger partial charge is 0.0159 e. The van der Waals surface area contributed by atoms with E-state index >= 15 is 0 Å². The summed E-state index contributed by atoms with van der Waals surface area (Å²) in [6.45, 7) is 13.9. The lowest BCUT2D eigenvalue weighted by molar-refractivity contribution is 0.591. The third-order valence-electron chi connectivity index (χ3n) is 9.90. The molecule has 0 aliphatic heterocycles. The van der Waals surface area contributed by atoms with Crippen molar-refractivity contribution in [3.05, 3.63) is 131 Å². The first-order chi connectivity index (χ1) is 20.1. The van der Waals surface area contributed by atoms with E-state index in [0.717, 1.165) is 0 Å². The second-order valence-electron chi connectivity index (χ2n) is 13.9. The van der Waals surface area contributed by atoms with Crippen LogP contribution >= 0.6 is 0 Å². The van der Waals surface area contributed by atoms with Gasteiger partial charge in [0.25, 0.3) is 0 Å². The van der Waals surface area contributed by atoms with E-state index in [1.807, 2.05) is 0 Å². The molecule has 204 valence electrons. The van der Waals surface area contributed by atoms with Gasteiger partial charge in [-0.1, -0.05) is 138 Å². The number of rotatable bonds is 2. The Hall–Kier alpha value is -4.42. The lowest BCUT2D eigenvalue weighted by Crippen LogP contribution is -2.14. The van der Waals surface area contributed by atoms with Crippen molar-refractivity contribution < 1.29 is 0 Å². The molecule has 0 fully saturated rings. The van der Waals surface area contributed by atoms with E-state index < -0.39 is 0 Å². The van der Waals surface area contributed by atoms with Crippen LogP contribution in [0.2, 0.25) is 0 Å². The van der Waals surface area contributed by atoms with Gasteiger partial charge in [0.2, 0.25) is 0 Å². The summed E-state index contributed by atoms with van der Waals surface area (Å²) >= 11 is 0. The van der Waals surface area contributed by atoms with E-state index in [0.29, 0.717) is 0 Å².